The Bertz CT molecular complexity index is 812. The van der Waals surface area contributed by atoms with E-state index < -0.39 is 5.97 Å². The SMILES string of the molecule is C=C(C)C(=O)O.CO.O=c1c2ccccc2sc2ccccc12. The Morgan fingerprint density at radius 2 is 1.30 bits per heavy atom. The summed E-state index contributed by atoms with van der Waals surface area (Å²) in [4.78, 5) is 21.7. The number of aliphatic carboxylic acids is 1. The number of aliphatic hydroxyl groups is 1. The van der Waals surface area contributed by atoms with E-state index in [-0.39, 0.29) is 11.0 Å². The highest BCUT2D eigenvalue weighted by molar-refractivity contribution is 7.24. The highest BCUT2D eigenvalue weighted by Crippen LogP contribution is 2.23. The van der Waals surface area contributed by atoms with Gasteiger partial charge >= 0.3 is 5.97 Å². The summed E-state index contributed by atoms with van der Waals surface area (Å²) in [6, 6.07) is 15.5. The monoisotopic (exact) mass is 330 g/mol. The third-order valence-corrected chi connectivity index (χ3v) is 4.00. The van der Waals surface area contributed by atoms with E-state index in [1.807, 2.05) is 48.5 Å². The minimum atomic E-state index is -0.935. The van der Waals surface area contributed by atoms with Crippen LogP contribution in [-0.2, 0) is 4.79 Å². The molecule has 0 amide bonds. The van der Waals surface area contributed by atoms with Crippen LogP contribution in [0.1, 0.15) is 6.92 Å². The van der Waals surface area contributed by atoms with E-state index in [9.17, 15) is 9.59 Å². The third-order valence-electron chi connectivity index (χ3n) is 2.85. The van der Waals surface area contributed by atoms with E-state index in [0.29, 0.717) is 0 Å². The molecule has 0 radical (unpaired) electrons. The van der Waals surface area contributed by atoms with E-state index in [4.69, 9.17) is 10.2 Å². The molecule has 0 spiro atoms. The van der Waals surface area contributed by atoms with Gasteiger partial charge in [-0.15, -0.1) is 11.3 Å². The average molecular weight is 330 g/mol. The van der Waals surface area contributed by atoms with Crippen LogP contribution in [0.2, 0.25) is 0 Å². The van der Waals surface area contributed by atoms with Gasteiger partial charge in [-0.3, -0.25) is 4.79 Å². The Morgan fingerprint density at radius 1 is 0.957 bits per heavy atom. The van der Waals surface area contributed by atoms with Gasteiger partial charge < -0.3 is 10.2 Å². The molecule has 0 aliphatic carbocycles. The molecule has 3 rings (SSSR count). The minimum Gasteiger partial charge on any atom is -0.478 e. The number of hydrogen-bond acceptors (Lipinski definition) is 4. The molecule has 23 heavy (non-hydrogen) atoms. The number of fused-ring (bicyclic) bond motifs is 2. The molecule has 0 aliphatic rings. The molecule has 5 heteroatoms. The van der Waals surface area contributed by atoms with Crippen LogP contribution in [0.15, 0.2) is 65.5 Å². The van der Waals surface area contributed by atoms with Crippen molar-refractivity contribution in [3.05, 3.63) is 70.9 Å². The maximum atomic E-state index is 12.1. The highest BCUT2D eigenvalue weighted by Gasteiger charge is 2.03. The van der Waals surface area contributed by atoms with Gasteiger partial charge in [-0.1, -0.05) is 30.8 Å². The molecule has 0 bridgehead atoms. The molecule has 0 unspecified atom stereocenters. The lowest BCUT2D eigenvalue weighted by molar-refractivity contribution is -0.132. The molecule has 0 aliphatic heterocycles. The summed E-state index contributed by atoms with van der Waals surface area (Å²) >= 11 is 1.67. The van der Waals surface area contributed by atoms with Crippen molar-refractivity contribution in [1.29, 1.82) is 0 Å². The van der Waals surface area contributed by atoms with Gasteiger partial charge in [0.2, 0.25) is 0 Å². The fourth-order valence-electron chi connectivity index (χ4n) is 1.75. The van der Waals surface area contributed by atoms with Gasteiger partial charge in [0, 0.05) is 32.9 Å². The van der Waals surface area contributed by atoms with Crippen molar-refractivity contribution in [3.8, 4) is 0 Å². The van der Waals surface area contributed by atoms with Crippen molar-refractivity contribution in [2.45, 2.75) is 6.92 Å². The van der Waals surface area contributed by atoms with Gasteiger partial charge in [0.05, 0.1) is 0 Å². The molecule has 0 atom stereocenters. The van der Waals surface area contributed by atoms with Crippen LogP contribution in [0.5, 0.6) is 0 Å². The van der Waals surface area contributed by atoms with E-state index >= 15 is 0 Å². The van der Waals surface area contributed by atoms with Gasteiger partial charge in [0.15, 0.2) is 5.43 Å². The summed E-state index contributed by atoms with van der Waals surface area (Å²) < 4.78 is 2.11. The Kier molecular flexibility index (Phi) is 7.12. The zero-order valence-corrected chi connectivity index (χ0v) is 13.8. The van der Waals surface area contributed by atoms with E-state index in [1.54, 1.807) is 11.3 Å². The first kappa shape index (κ1) is 18.5. The molecular weight excluding hydrogens is 312 g/mol. The highest BCUT2D eigenvalue weighted by atomic mass is 32.1. The first-order chi connectivity index (χ1) is 11.0. The van der Waals surface area contributed by atoms with Gasteiger partial charge in [-0.05, 0) is 31.2 Å². The molecule has 120 valence electrons. The molecule has 0 saturated heterocycles. The lowest BCUT2D eigenvalue weighted by Gasteiger charge is -1.99. The summed E-state index contributed by atoms with van der Waals surface area (Å²) in [5, 5.41) is 16.5. The van der Waals surface area contributed by atoms with Crippen molar-refractivity contribution in [2.75, 3.05) is 7.11 Å². The van der Waals surface area contributed by atoms with Crippen LogP contribution >= 0.6 is 11.3 Å². The fourth-order valence-corrected chi connectivity index (χ4v) is 2.82. The van der Waals surface area contributed by atoms with E-state index in [2.05, 4.69) is 6.58 Å². The Morgan fingerprint density at radius 3 is 1.65 bits per heavy atom. The van der Waals surface area contributed by atoms with Gasteiger partial charge in [-0.25, -0.2) is 4.79 Å². The van der Waals surface area contributed by atoms with Crippen molar-refractivity contribution in [3.63, 3.8) is 0 Å². The minimum absolute atomic E-state index is 0.139. The van der Waals surface area contributed by atoms with Gasteiger partial charge in [0.25, 0.3) is 0 Å². The number of carboxylic acid groups (broad SMARTS) is 1. The number of aliphatic hydroxyl groups excluding tert-OH is 1. The van der Waals surface area contributed by atoms with Crippen LogP contribution in [0.3, 0.4) is 0 Å². The lowest BCUT2D eigenvalue weighted by atomic mass is 10.2. The maximum Gasteiger partial charge on any atom is 0.330 e. The first-order valence-corrected chi connectivity index (χ1v) is 7.56. The predicted octanol–water partition coefficient (Wildman–Crippen LogP) is 3.67. The second-order valence-corrected chi connectivity index (χ2v) is 5.59. The van der Waals surface area contributed by atoms with Crippen LogP contribution in [-0.4, -0.2) is 23.3 Å². The molecule has 0 saturated carbocycles. The lowest BCUT2D eigenvalue weighted by Crippen LogP contribution is -1.99. The molecular formula is C18H18O4S. The molecule has 4 nitrogen and oxygen atoms in total. The molecule has 2 aromatic carbocycles. The molecule has 2 N–H and O–H groups in total. The summed E-state index contributed by atoms with van der Waals surface area (Å²) in [6.45, 7) is 4.60. The fraction of sp³-hybridized carbons (Fsp3) is 0.111. The topological polar surface area (TPSA) is 74.6 Å². The average Bonchev–Trinajstić information content (AvgIpc) is 2.57. The second-order valence-electron chi connectivity index (χ2n) is 4.51. The number of carboxylic acids is 1. The normalized spacial score (nSPS) is 9.35. The molecule has 3 aromatic rings. The number of benzene rings is 2. The number of hydrogen-bond donors (Lipinski definition) is 2. The zero-order chi connectivity index (χ0) is 17.4. The smallest absolute Gasteiger partial charge is 0.330 e. The molecule has 0 fully saturated rings. The van der Waals surface area contributed by atoms with Crippen LogP contribution in [0.25, 0.3) is 20.2 Å². The van der Waals surface area contributed by atoms with Crippen molar-refractivity contribution < 1.29 is 15.0 Å². The summed E-state index contributed by atoms with van der Waals surface area (Å²) in [6.07, 6.45) is 0. The Labute approximate surface area is 138 Å². The van der Waals surface area contributed by atoms with Crippen LogP contribution in [0.4, 0.5) is 0 Å². The first-order valence-electron chi connectivity index (χ1n) is 6.75. The van der Waals surface area contributed by atoms with Crippen molar-refractivity contribution in [2.24, 2.45) is 0 Å². The van der Waals surface area contributed by atoms with E-state index in [0.717, 1.165) is 27.3 Å². The quantitative estimate of drug-likeness (QED) is 0.527. The second kappa shape index (κ2) is 8.82. The number of rotatable bonds is 1. The summed E-state index contributed by atoms with van der Waals surface area (Å²) in [5.41, 5.74) is 0.315. The van der Waals surface area contributed by atoms with Crippen molar-refractivity contribution in [1.82, 2.24) is 0 Å². The predicted molar refractivity (Wildman–Crippen MR) is 96.2 cm³/mol. The Balaban J connectivity index is 0.000000284. The standard InChI is InChI=1S/C13H8OS.C4H6O2.CH4O/c14-13-9-5-1-3-7-11(9)15-12-8-4-2-6-10(12)13;1-3(2)4(5)6;1-2/h1-8H;1H2,2H3,(H,5,6);2H,1H3. The summed E-state index contributed by atoms with van der Waals surface area (Å²) in [7, 11) is 1.00. The van der Waals surface area contributed by atoms with E-state index in [1.165, 1.54) is 6.92 Å². The third kappa shape index (κ3) is 4.74. The summed E-state index contributed by atoms with van der Waals surface area (Å²) in [5.74, 6) is -0.935. The Hall–Kier alpha value is -2.50. The number of carbonyl (C=O) groups is 1. The zero-order valence-electron chi connectivity index (χ0n) is 12.9. The van der Waals surface area contributed by atoms with Crippen LogP contribution < -0.4 is 5.43 Å². The van der Waals surface area contributed by atoms with Crippen LogP contribution in [0, 0.1) is 0 Å². The largest absolute Gasteiger partial charge is 0.478 e. The molecule has 1 aromatic heterocycles. The van der Waals surface area contributed by atoms with Crippen molar-refractivity contribution >= 4 is 37.5 Å². The molecule has 1 heterocycles. The van der Waals surface area contributed by atoms with Gasteiger partial charge in [-0.2, -0.15) is 0 Å². The maximum absolute atomic E-state index is 12.1. The van der Waals surface area contributed by atoms with Gasteiger partial charge in [0.1, 0.15) is 0 Å².